The van der Waals surface area contributed by atoms with E-state index in [2.05, 4.69) is 17.3 Å². The summed E-state index contributed by atoms with van der Waals surface area (Å²) in [4.78, 5) is 2.39. The van der Waals surface area contributed by atoms with E-state index in [1.54, 1.807) is 12.1 Å². The molecule has 1 aliphatic heterocycles. The number of hydrogen-bond donors (Lipinski definition) is 2. The van der Waals surface area contributed by atoms with Crippen molar-refractivity contribution in [3.05, 3.63) is 29.3 Å². The van der Waals surface area contributed by atoms with Crippen molar-refractivity contribution in [1.29, 1.82) is 0 Å². The normalized spacial score (nSPS) is 21.2. The average Bonchev–Trinajstić information content (AvgIpc) is 2.48. The Bertz CT molecular complexity index is 430. The minimum Gasteiger partial charge on any atom is -0.489 e. The SMILES string of the molecule is CN1CCCCC1CNCC(O)COc1ccccc1Cl. The summed E-state index contributed by atoms with van der Waals surface area (Å²) in [5, 5.41) is 13.9. The quantitative estimate of drug-likeness (QED) is 0.810. The number of nitrogens with one attached hydrogen (secondary N) is 1. The van der Waals surface area contributed by atoms with Crippen molar-refractivity contribution in [2.45, 2.75) is 31.4 Å². The van der Waals surface area contributed by atoms with Crippen LogP contribution in [0.1, 0.15) is 19.3 Å². The maximum Gasteiger partial charge on any atom is 0.138 e. The lowest BCUT2D eigenvalue weighted by Crippen LogP contribution is -2.45. The van der Waals surface area contributed by atoms with Gasteiger partial charge in [0, 0.05) is 19.1 Å². The highest BCUT2D eigenvalue weighted by molar-refractivity contribution is 6.32. The molecule has 1 aliphatic rings. The molecule has 0 radical (unpaired) electrons. The largest absolute Gasteiger partial charge is 0.489 e. The number of benzene rings is 1. The highest BCUT2D eigenvalue weighted by Gasteiger charge is 2.18. The fraction of sp³-hybridized carbons (Fsp3) is 0.625. The molecule has 2 atom stereocenters. The van der Waals surface area contributed by atoms with Crippen LogP contribution < -0.4 is 10.1 Å². The van der Waals surface area contributed by atoms with Crippen LogP contribution in [0.4, 0.5) is 0 Å². The van der Waals surface area contributed by atoms with Crippen LogP contribution in [0.3, 0.4) is 0 Å². The van der Waals surface area contributed by atoms with Crippen molar-refractivity contribution in [3.63, 3.8) is 0 Å². The molecule has 0 amide bonds. The first-order chi connectivity index (χ1) is 10.2. The number of ether oxygens (including phenoxy) is 1. The summed E-state index contributed by atoms with van der Waals surface area (Å²) < 4.78 is 5.53. The third kappa shape index (κ3) is 5.47. The van der Waals surface area contributed by atoms with Gasteiger partial charge in [-0.25, -0.2) is 0 Å². The number of aliphatic hydroxyl groups is 1. The molecule has 21 heavy (non-hydrogen) atoms. The molecule has 2 N–H and O–H groups in total. The molecule has 1 heterocycles. The van der Waals surface area contributed by atoms with E-state index in [-0.39, 0.29) is 6.61 Å². The first-order valence-corrected chi connectivity index (χ1v) is 8.01. The number of aliphatic hydroxyl groups excluding tert-OH is 1. The Morgan fingerprint density at radius 2 is 2.24 bits per heavy atom. The lowest BCUT2D eigenvalue weighted by Gasteiger charge is -2.32. The standard InChI is InChI=1S/C16H25ClN2O2/c1-19-9-5-4-6-13(19)10-18-11-14(20)12-21-16-8-3-2-7-15(16)17/h2-3,7-8,13-14,18,20H,4-6,9-12H2,1H3. The van der Waals surface area contributed by atoms with Gasteiger partial charge in [-0.3, -0.25) is 0 Å². The van der Waals surface area contributed by atoms with Gasteiger partial charge in [-0.1, -0.05) is 30.2 Å². The van der Waals surface area contributed by atoms with Crippen molar-refractivity contribution in [1.82, 2.24) is 10.2 Å². The maximum atomic E-state index is 9.95. The van der Waals surface area contributed by atoms with Crippen molar-refractivity contribution in [2.24, 2.45) is 0 Å². The zero-order valence-electron chi connectivity index (χ0n) is 12.6. The van der Waals surface area contributed by atoms with Crippen molar-refractivity contribution in [2.75, 3.05) is 33.3 Å². The van der Waals surface area contributed by atoms with E-state index < -0.39 is 6.10 Å². The van der Waals surface area contributed by atoms with Gasteiger partial charge in [0.05, 0.1) is 5.02 Å². The highest BCUT2D eigenvalue weighted by Crippen LogP contribution is 2.23. The molecule has 0 aliphatic carbocycles. The van der Waals surface area contributed by atoms with Crippen LogP contribution in [0.5, 0.6) is 5.75 Å². The number of piperidine rings is 1. The van der Waals surface area contributed by atoms with E-state index >= 15 is 0 Å². The van der Waals surface area contributed by atoms with Crippen LogP contribution in [0.15, 0.2) is 24.3 Å². The first kappa shape index (κ1) is 16.6. The molecule has 1 fully saturated rings. The van der Waals surface area contributed by atoms with Gasteiger partial charge in [0.25, 0.3) is 0 Å². The van der Waals surface area contributed by atoms with Gasteiger partial charge in [-0.2, -0.15) is 0 Å². The average molecular weight is 313 g/mol. The van der Waals surface area contributed by atoms with E-state index in [9.17, 15) is 5.11 Å². The summed E-state index contributed by atoms with van der Waals surface area (Å²) >= 11 is 6.00. The molecule has 0 aromatic heterocycles. The summed E-state index contributed by atoms with van der Waals surface area (Å²) in [6, 6.07) is 7.88. The number of para-hydroxylation sites is 1. The fourth-order valence-corrected chi connectivity index (χ4v) is 2.82. The first-order valence-electron chi connectivity index (χ1n) is 7.63. The van der Waals surface area contributed by atoms with Gasteiger partial charge < -0.3 is 20.1 Å². The minimum atomic E-state index is -0.532. The van der Waals surface area contributed by atoms with Gasteiger partial charge in [0.1, 0.15) is 18.5 Å². The number of likely N-dealkylation sites (N-methyl/N-ethyl adjacent to an activating group) is 1. The predicted octanol–water partition coefficient (Wildman–Crippen LogP) is 2.15. The Kier molecular flexibility index (Phi) is 6.77. The van der Waals surface area contributed by atoms with E-state index in [0.29, 0.717) is 23.4 Å². The van der Waals surface area contributed by atoms with Crippen LogP contribution in [0, 0.1) is 0 Å². The van der Waals surface area contributed by atoms with Crippen molar-refractivity contribution in [3.8, 4) is 5.75 Å². The third-order valence-electron chi connectivity index (χ3n) is 3.95. The van der Waals surface area contributed by atoms with Gasteiger partial charge in [0.2, 0.25) is 0 Å². The zero-order chi connectivity index (χ0) is 15.1. The molecule has 4 nitrogen and oxygen atoms in total. The Morgan fingerprint density at radius 1 is 1.43 bits per heavy atom. The van der Waals surface area contributed by atoms with E-state index in [4.69, 9.17) is 16.3 Å². The lowest BCUT2D eigenvalue weighted by molar-refractivity contribution is 0.102. The molecule has 0 spiro atoms. The molecule has 2 unspecified atom stereocenters. The second-order valence-corrected chi connectivity index (χ2v) is 6.09. The van der Waals surface area contributed by atoms with Crippen LogP contribution >= 0.6 is 11.6 Å². The molecule has 1 saturated heterocycles. The van der Waals surface area contributed by atoms with Crippen molar-refractivity contribution >= 4 is 11.6 Å². The molecular weight excluding hydrogens is 288 g/mol. The van der Waals surface area contributed by atoms with E-state index in [1.165, 1.54) is 25.8 Å². The maximum absolute atomic E-state index is 9.95. The zero-order valence-corrected chi connectivity index (χ0v) is 13.4. The summed E-state index contributed by atoms with van der Waals surface area (Å²) in [5.41, 5.74) is 0. The molecule has 0 saturated carbocycles. The van der Waals surface area contributed by atoms with Gasteiger partial charge >= 0.3 is 0 Å². The van der Waals surface area contributed by atoms with E-state index in [1.807, 2.05) is 12.1 Å². The summed E-state index contributed by atoms with van der Waals surface area (Å²) in [7, 11) is 2.17. The minimum absolute atomic E-state index is 0.247. The van der Waals surface area contributed by atoms with Gasteiger partial charge in [0.15, 0.2) is 0 Å². The number of likely N-dealkylation sites (tertiary alicyclic amines) is 1. The Morgan fingerprint density at radius 3 is 3.00 bits per heavy atom. The third-order valence-corrected chi connectivity index (χ3v) is 4.26. The van der Waals surface area contributed by atoms with Crippen LogP contribution in [-0.2, 0) is 0 Å². The van der Waals surface area contributed by atoms with Crippen LogP contribution in [-0.4, -0.2) is 55.4 Å². The number of hydrogen-bond acceptors (Lipinski definition) is 4. The molecule has 1 aromatic rings. The summed E-state index contributed by atoms with van der Waals surface area (Å²) in [6.45, 7) is 2.87. The molecule has 118 valence electrons. The summed E-state index contributed by atoms with van der Waals surface area (Å²) in [6.07, 6.45) is 3.29. The second-order valence-electron chi connectivity index (χ2n) is 5.68. The van der Waals surface area contributed by atoms with Gasteiger partial charge in [-0.05, 0) is 38.6 Å². The van der Waals surface area contributed by atoms with Crippen molar-refractivity contribution < 1.29 is 9.84 Å². The fourth-order valence-electron chi connectivity index (χ4n) is 2.63. The smallest absolute Gasteiger partial charge is 0.138 e. The molecule has 0 bridgehead atoms. The van der Waals surface area contributed by atoms with Gasteiger partial charge in [-0.15, -0.1) is 0 Å². The Labute approximate surface area is 132 Å². The molecule has 5 heteroatoms. The molecule has 2 rings (SSSR count). The molecular formula is C16H25ClN2O2. The number of rotatable bonds is 7. The Balaban J connectivity index is 1.63. The summed E-state index contributed by atoms with van der Waals surface area (Å²) in [5.74, 6) is 0.616. The topological polar surface area (TPSA) is 44.7 Å². The number of nitrogens with zero attached hydrogens (tertiary/aromatic N) is 1. The predicted molar refractivity (Wildman–Crippen MR) is 86.1 cm³/mol. The monoisotopic (exact) mass is 312 g/mol. The second kappa shape index (κ2) is 8.59. The Hall–Kier alpha value is -0.810. The van der Waals surface area contributed by atoms with Crippen LogP contribution in [0.2, 0.25) is 5.02 Å². The van der Waals surface area contributed by atoms with Crippen LogP contribution in [0.25, 0.3) is 0 Å². The van der Waals surface area contributed by atoms with E-state index in [0.717, 1.165) is 6.54 Å². The molecule has 1 aromatic carbocycles. The highest BCUT2D eigenvalue weighted by atomic mass is 35.5. The number of halogens is 1. The lowest BCUT2D eigenvalue weighted by atomic mass is 10.0.